The molecule has 2 aliphatic rings. The molecule has 2 aromatic heterocycles. The van der Waals surface area contributed by atoms with Gasteiger partial charge in [-0.15, -0.1) is 0 Å². The van der Waals surface area contributed by atoms with Gasteiger partial charge in [0.2, 0.25) is 0 Å². The van der Waals surface area contributed by atoms with E-state index in [1.807, 2.05) is 24.3 Å². The number of Topliss-reactive ketones (excluding diaryl/α,β-unsaturated/α-hetero) is 1. The van der Waals surface area contributed by atoms with Gasteiger partial charge in [-0.05, 0) is 41.7 Å². The number of carbonyl (C=O) groups excluding carboxylic acids is 1. The van der Waals surface area contributed by atoms with Gasteiger partial charge in [0.1, 0.15) is 5.82 Å². The van der Waals surface area contributed by atoms with E-state index in [1.54, 1.807) is 12.4 Å². The number of allylic oxidation sites excluding steroid dienone is 3. The number of halogens is 2. The predicted molar refractivity (Wildman–Crippen MR) is 119 cm³/mol. The third-order valence-corrected chi connectivity index (χ3v) is 6.01. The average Bonchev–Trinajstić information content (AvgIpc) is 3.21. The predicted octanol–water partition coefficient (Wildman–Crippen LogP) is 5.62. The Bertz CT molecular complexity index is 1270. The molecule has 0 amide bonds. The number of H-pyrrole nitrogens is 1. The number of rotatable bonds is 3. The summed E-state index contributed by atoms with van der Waals surface area (Å²) in [6, 6.07) is 7.40. The normalized spacial score (nSPS) is 19.6. The van der Waals surface area contributed by atoms with Crippen molar-refractivity contribution in [1.82, 2.24) is 15.2 Å². The highest BCUT2D eigenvalue weighted by Gasteiger charge is 2.39. The van der Waals surface area contributed by atoms with Gasteiger partial charge in [-0.25, -0.2) is 8.78 Å². The third kappa shape index (κ3) is 3.64. The minimum absolute atomic E-state index is 0.0913. The van der Waals surface area contributed by atoms with Crippen LogP contribution in [0.25, 0.3) is 17.2 Å². The summed E-state index contributed by atoms with van der Waals surface area (Å²) in [5.74, 6) is -1.03. The molecule has 2 N–H and O–H groups in total. The van der Waals surface area contributed by atoms with Crippen LogP contribution in [0.3, 0.4) is 0 Å². The van der Waals surface area contributed by atoms with Gasteiger partial charge >= 0.3 is 0 Å². The number of nitrogens with one attached hydrogen (secondary N) is 2. The lowest BCUT2D eigenvalue weighted by atomic mass is 9.71. The van der Waals surface area contributed by atoms with Gasteiger partial charge in [0.15, 0.2) is 17.4 Å². The second-order valence-electron chi connectivity index (χ2n) is 9.10. The molecule has 5 nitrogen and oxygen atoms in total. The summed E-state index contributed by atoms with van der Waals surface area (Å²) >= 11 is 0. The van der Waals surface area contributed by atoms with Crippen LogP contribution in [0.15, 0.2) is 60.1 Å². The number of hydrogen-bond acceptors (Lipinski definition) is 4. The van der Waals surface area contributed by atoms with Crippen molar-refractivity contribution >= 4 is 17.7 Å². The molecule has 0 bridgehead atoms. The van der Waals surface area contributed by atoms with E-state index in [0.29, 0.717) is 23.2 Å². The average molecular weight is 432 g/mol. The van der Waals surface area contributed by atoms with Crippen molar-refractivity contribution < 1.29 is 13.6 Å². The molecular formula is C25H22F2N4O. The van der Waals surface area contributed by atoms with E-state index in [0.717, 1.165) is 41.2 Å². The molecule has 32 heavy (non-hydrogen) atoms. The van der Waals surface area contributed by atoms with Crippen LogP contribution in [-0.2, 0) is 4.79 Å². The number of aromatic nitrogens is 3. The first-order valence-electron chi connectivity index (χ1n) is 10.5. The van der Waals surface area contributed by atoms with Crippen molar-refractivity contribution in [2.24, 2.45) is 5.41 Å². The smallest absolute Gasteiger partial charge is 0.162 e. The van der Waals surface area contributed by atoms with Crippen molar-refractivity contribution in [2.45, 2.75) is 32.6 Å². The molecule has 3 aromatic rings. The van der Waals surface area contributed by atoms with E-state index in [-0.39, 0.29) is 17.1 Å². The molecule has 1 aliphatic heterocycles. The van der Waals surface area contributed by atoms with E-state index in [2.05, 4.69) is 34.3 Å². The zero-order valence-electron chi connectivity index (χ0n) is 17.7. The standard InChI is InChI=1S/C25H22F2N4O/c1-25(2)10-21-23(22(32)11-25)17(18-13-29-31-24(18)30-21)7-6-16-5-3-15(12-28-16)14-4-8-19(26)20(27)9-14/h3-9,12-13,17H,10-11H2,1-2H3,(H2,29,30,31)/b7-6+. The number of pyridine rings is 1. The molecule has 1 aromatic carbocycles. The summed E-state index contributed by atoms with van der Waals surface area (Å²) in [7, 11) is 0. The second kappa shape index (κ2) is 7.51. The number of ketones is 1. The van der Waals surface area contributed by atoms with E-state index in [9.17, 15) is 13.6 Å². The molecule has 7 heteroatoms. The van der Waals surface area contributed by atoms with E-state index < -0.39 is 11.6 Å². The van der Waals surface area contributed by atoms with Crippen LogP contribution < -0.4 is 5.32 Å². The van der Waals surface area contributed by atoms with Gasteiger partial charge < -0.3 is 5.32 Å². The molecule has 1 aliphatic carbocycles. The number of hydrogen-bond donors (Lipinski definition) is 2. The highest BCUT2D eigenvalue weighted by atomic mass is 19.2. The molecule has 162 valence electrons. The number of nitrogens with zero attached hydrogens (tertiary/aromatic N) is 2. The van der Waals surface area contributed by atoms with Crippen LogP contribution in [0, 0.1) is 17.0 Å². The van der Waals surface area contributed by atoms with E-state index in [1.165, 1.54) is 6.07 Å². The van der Waals surface area contributed by atoms with Crippen LogP contribution in [0.5, 0.6) is 0 Å². The minimum Gasteiger partial charge on any atom is -0.343 e. The molecular weight excluding hydrogens is 410 g/mol. The number of benzene rings is 1. The molecule has 1 unspecified atom stereocenters. The number of aromatic amines is 1. The van der Waals surface area contributed by atoms with Crippen LogP contribution in [0.4, 0.5) is 14.6 Å². The summed E-state index contributed by atoms with van der Waals surface area (Å²) in [4.78, 5) is 17.5. The fraction of sp³-hybridized carbons (Fsp3) is 0.240. The lowest BCUT2D eigenvalue weighted by molar-refractivity contribution is -0.118. The Morgan fingerprint density at radius 2 is 1.88 bits per heavy atom. The fourth-order valence-corrected chi connectivity index (χ4v) is 4.49. The maximum Gasteiger partial charge on any atom is 0.162 e. The molecule has 0 spiro atoms. The van der Waals surface area contributed by atoms with E-state index >= 15 is 0 Å². The van der Waals surface area contributed by atoms with Crippen molar-refractivity contribution in [3.05, 3.63) is 83.0 Å². The van der Waals surface area contributed by atoms with E-state index in [4.69, 9.17) is 0 Å². The maximum absolute atomic E-state index is 13.5. The van der Waals surface area contributed by atoms with Gasteiger partial charge in [-0.2, -0.15) is 5.10 Å². The first kappa shape index (κ1) is 20.3. The van der Waals surface area contributed by atoms with Crippen molar-refractivity contribution in [3.63, 3.8) is 0 Å². The zero-order chi connectivity index (χ0) is 22.5. The Labute approximate surface area is 184 Å². The summed E-state index contributed by atoms with van der Waals surface area (Å²) in [5.41, 5.74) is 4.50. The quantitative estimate of drug-likeness (QED) is 0.564. The molecule has 5 rings (SSSR count). The van der Waals surface area contributed by atoms with Crippen molar-refractivity contribution in [1.29, 1.82) is 0 Å². The molecule has 3 heterocycles. The zero-order valence-corrected chi connectivity index (χ0v) is 17.7. The first-order valence-corrected chi connectivity index (χ1v) is 10.5. The first-order chi connectivity index (χ1) is 15.3. The topological polar surface area (TPSA) is 70.7 Å². The Morgan fingerprint density at radius 1 is 1.06 bits per heavy atom. The van der Waals surface area contributed by atoms with Gasteiger partial charge in [0, 0.05) is 40.9 Å². The second-order valence-corrected chi connectivity index (χ2v) is 9.10. The van der Waals surface area contributed by atoms with Gasteiger partial charge in [0.05, 0.1) is 11.9 Å². The Kier molecular flexibility index (Phi) is 4.77. The van der Waals surface area contributed by atoms with Gasteiger partial charge in [-0.1, -0.05) is 32.1 Å². The third-order valence-electron chi connectivity index (χ3n) is 6.01. The highest BCUT2D eigenvalue weighted by molar-refractivity contribution is 6.01. The summed E-state index contributed by atoms with van der Waals surface area (Å²) in [6.07, 6.45) is 8.51. The van der Waals surface area contributed by atoms with Gasteiger partial charge in [0.25, 0.3) is 0 Å². The summed E-state index contributed by atoms with van der Waals surface area (Å²) in [6.45, 7) is 4.20. The maximum atomic E-state index is 13.5. The number of fused-ring (bicyclic) bond motifs is 1. The fourth-order valence-electron chi connectivity index (χ4n) is 4.49. The van der Waals surface area contributed by atoms with Crippen molar-refractivity contribution in [3.8, 4) is 11.1 Å². The number of anilines is 1. The van der Waals surface area contributed by atoms with Crippen LogP contribution in [0.1, 0.15) is 43.9 Å². The highest BCUT2D eigenvalue weighted by Crippen LogP contribution is 2.46. The molecule has 0 saturated heterocycles. The lowest BCUT2D eigenvalue weighted by Gasteiger charge is -2.37. The molecule has 1 atom stereocenters. The minimum atomic E-state index is -0.891. The molecule has 0 fully saturated rings. The molecule has 0 saturated carbocycles. The van der Waals surface area contributed by atoms with Crippen LogP contribution in [0.2, 0.25) is 0 Å². The molecule has 0 radical (unpaired) electrons. The van der Waals surface area contributed by atoms with Crippen LogP contribution >= 0.6 is 0 Å². The number of carbonyl (C=O) groups is 1. The largest absolute Gasteiger partial charge is 0.343 e. The lowest BCUT2D eigenvalue weighted by Crippen LogP contribution is -2.32. The Hall–Kier alpha value is -3.61. The van der Waals surface area contributed by atoms with Gasteiger partial charge in [-0.3, -0.25) is 14.9 Å². The SMILES string of the molecule is CC1(C)CC(=O)C2=C(C1)Nc1[nH]ncc1C2/C=C/c1ccc(-c2ccc(F)c(F)c2)cn1. The van der Waals surface area contributed by atoms with Crippen LogP contribution in [-0.4, -0.2) is 21.0 Å². The monoisotopic (exact) mass is 432 g/mol. The summed E-state index contributed by atoms with van der Waals surface area (Å²) in [5, 5.41) is 10.5. The summed E-state index contributed by atoms with van der Waals surface area (Å²) < 4.78 is 26.7. The Morgan fingerprint density at radius 3 is 2.62 bits per heavy atom. The van der Waals surface area contributed by atoms with Crippen molar-refractivity contribution in [2.75, 3.05) is 5.32 Å². The Balaban J connectivity index is 1.45.